The van der Waals surface area contributed by atoms with E-state index in [1.54, 1.807) is 24.3 Å². The van der Waals surface area contributed by atoms with Crippen LogP contribution in [0.15, 0.2) is 45.5 Å². The molecule has 0 radical (unpaired) electrons. The van der Waals surface area contributed by atoms with Gasteiger partial charge in [0.05, 0.1) is 6.67 Å². The Bertz CT molecular complexity index is 1200. The summed E-state index contributed by atoms with van der Waals surface area (Å²) in [5.41, 5.74) is 1.05. The predicted octanol–water partition coefficient (Wildman–Crippen LogP) is 5.77. The van der Waals surface area contributed by atoms with Gasteiger partial charge in [-0.2, -0.15) is 18.7 Å². The first-order chi connectivity index (χ1) is 17.3. The van der Waals surface area contributed by atoms with Gasteiger partial charge in [0, 0.05) is 49.1 Å². The van der Waals surface area contributed by atoms with Crippen LogP contribution in [0.2, 0.25) is 0 Å². The molecule has 11 heteroatoms. The summed E-state index contributed by atoms with van der Waals surface area (Å²) >= 11 is 0. The number of anilines is 1. The maximum atomic E-state index is 13.5. The van der Waals surface area contributed by atoms with Gasteiger partial charge in [-0.1, -0.05) is 35.4 Å². The summed E-state index contributed by atoms with van der Waals surface area (Å²) in [6.07, 6.45) is 5.05. The zero-order valence-electron chi connectivity index (χ0n) is 20.1. The van der Waals surface area contributed by atoms with E-state index in [-0.39, 0.29) is 17.8 Å². The highest BCUT2D eigenvalue weighted by Gasteiger charge is 2.32. The summed E-state index contributed by atoms with van der Waals surface area (Å²) in [5.74, 6) is -2.64. The van der Waals surface area contributed by atoms with Crippen molar-refractivity contribution in [2.75, 3.05) is 18.1 Å². The average molecular weight is 504 g/mol. The molecule has 1 aliphatic rings. The van der Waals surface area contributed by atoms with E-state index in [2.05, 4.69) is 31.4 Å². The molecule has 1 saturated carbocycles. The van der Waals surface area contributed by atoms with E-state index in [0.29, 0.717) is 49.4 Å². The van der Waals surface area contributed by atoms with Crippen molar-refractivity contribution in [3.63, 3.8) is 0 Å². The third-order valence-electron chi connectivity index (χ3n) is 5.86. The molecule has 8 nitrogen and oxygen atoms in total. The van der Waals surface area contributed by atoms with Crippen LogP contribution in [0.4, 0.5) is 18.9 Å². The van der Waals surface area contributed by atoms with E-state index in [4.69, 9.17) is 4.52 Å². The van der Waals surface area contributed by atoms with Crippen LogP contribution in [0.25, 0.3) is 11.4 Å². The second kappa shape index (κ2) is 11.0. The second-order valence-electron chi connectivity index (χ2n) is 8.99. The molecule has 0 bridgehead atoms. The van der Waals surface area contributed by atoms with E-state index in [1.807, 2.05) is 0 Å². The molecule has 0 unspecified atom stereocenters. The van der Waals surface area contributed by atoms with Gasteiger partial charge in [-0.3, -0.25) is 9.18 Å². The molecule has 0 atom stereocenters. The lowest BCUT2D eigenvalue weighted by molar-refractivity contribution is -0.115. The molecule has 1 amide bonds. The fraction of sp³-hybridized carbons (Fsp3) is 0.480. The molecular formula is C25H28F3N5O3. The van der Waals surface area contributed by atoms with Crippen molar-refractivity contribution >= 4 is 11.6 Å². The summed E-state index contributed by atoms with van der Waals surface area (Å²) in [4.78, 5) is 22.8. The number of carbonyl (C=O) groups excluding carboxylic acids is 1. The Kier molecular flexibility index (Phi) is 7.85. The fourth-order valence-corrected chi connectivity index (χ4v) is 3.69. The minimum absolute atomic E-state index is 0.0199. The summed E-state index contributed by atoms with van der Waals surface area (Å²) in [6.45, 7) is 4.06. The lowest BCUT2D eigenvalue weighted by Gasteiger charge is -2.24. The minimum Gasteiger partial charge on any atom is -0.339 e. The number of aryl methyl sites for hydroxylation is 1. The Labute approximate surface area is 206 Å². The number of halogens is 3. The number of nitrogens with zero attached hydrogens (tertiary/aromatic N) is 5. The number of hydrogen-bond donors (Lipinski definition) is 0. The molecule has 0 saturated heterocycles. The van der Waals surface area contributed by atoms with E-state index >= 15 is 0 Å². The van der Waals surface area contributed by atoms with Gasteiger partial charge in [0.2, 0.25) is 11.7 Å². The summed E-state index contributed by atoms with van der Waals surface area (Å²) in [5, 5.41) is 7.65. The van der Waals surface area contributed by atoms with Crippen LogP contribution >= 0.6 is 0 Å². The van der Waals surface area contributed by atoms with Crippen molar-refractivity contribution in [1.82, 2.24) is 20.3 Å². The first-order valence-corrected chi connectivity index (χ1v) is 12.0. The number of aromatic nitrogens is 4. The Hall–Kier alpha value is -3.50. The van der Waals surface area contributed by atoms with Gasteiger partial charge in [0.15, 0.2) is 5.82 Å². The van der Waals surface area contributed by atoms with E-state index in [0.717, 1.165) is 31.5 Å². The molecule has 36 heavy (non-hydrogen) atoms. The normalized spacial score (nSPS) is 13.7. The number of alkyl halides is 3. The molecule has 1 aliphatic carbocycles. The van der Waals surface area contributed by atoms with Crippen LogP contribution in [-0.4, -0.2) is 39.4 Å². The Balaban J connectivity index is 1.42. The van der Waals surface area contributed by atoms with E-state index in [1.165, 1.54) is 4.90 Å². The molecule has 2 aromatic heterocycles. The molecule has 2 heterocycles. The van der Waals surface area contributed by atoms with Crippen molar-refractivity contribution in [2.24, 2.45) is 0 Å². The molecule has 0 aliphatic heterocycles. The smallest absolute Gasteiger partial charge is 0.322 e. The molecule has 3 aromatic rings. The van der Waals surface area contributed by atoms with Gasteiger partial charge in [-0.25, -0.2) is 0 Å². The van der Waals surface area contributed by atoms with Gasteiger partial charge in [0.25, 0.3) is 11.8 Å². The largest absolute Gasteiger partial charge is 0.339 e. The second-order valence-corrected chi connectivity index (χ2v) is 8.99. The predicted molar refractivity (Wildman–Crippen MR) is 125 cm³/mol. The number of amides is 1. The Morgan fingerprint density at radius 2 is 1.97 bits per heavy atom. The van der Waals surface area contributed by atoms with Gasteiger partial charge >= 0.3 is 5.92 Å². The average Bonchev–Trinajstić information content (AvgIpc) is 3.37. The highest BCUT2D eigenvalue weighted by atomic mass is 19.3. The first kappa shape index (κ1) is 25.6. The Morgan fingerprint density at radius 1 is 1.17 bits per heavy atom. The molecule has 1 aromatic carbocycles. The van der Waals surface area contributed by atoms with Crippen LogP contribution in [0.3, 0.4) is 0 Å². The van der Waals surface area contributed by atoms with Crippen molar-refractivity contribution in [3.8, 4) is 11.4 Å². The molecule has 0 spiro atoms. The molecular weight excluding hydrogens is 475 g/mol. The monoisotopic (exact) mass is 503 g/mol. The number of benzene rings is 1. The van der Waals surface area contributed by atoms with Crippen molar-refractivity contribution < 1.29 is 27.0 Å². The van der Waals surface area contributed by atoms with Crippen LogP contribution < -0.4 is 4.90 Å². The fourth-order valence-electron chi connectivity index (χ4n) is 3.69. The van der Waals surface area contributed by atoms with Crippen molar-refractivity contribution in [2.45, 2.75) is 63.7 Å². The topological polar surface area (TPSA) is 98.2 Å². The molecule has 0 N–H and O–H groups in total. The summed E-state index contributed by atoms with van der Waals surface area (Å²) < 4.78 is 49.9. The maximum Gasteiger partial charge on any atom is 0.322 e. The van der Waals surface area contributed by atoms with Crippen LogP contribution in [0.1, 0.15) is 69.0 Å². The summed E-state index contributed by atoms with van der Waals surface area (Å²) in [7, 11) is 0. The zero-order chi connectivity index (χ0) is 25.7. The lowest BCUT2D eigenvalue weighted by atomic mass is 10.1. The number of unbranched alkanes of at least 4 members (excludes halogenated alkanes) is 2. The van der Waals surface area contributed by atoms with Gasteiger partial charge in [-0.15, -0.1) is 0 Å². The number of carbonyl (C=O) groups is 1. The van der Waals surface area contributed by atoms with Crippen LogP contribution in [0.5, 0.6) is 0 Å². The lowest BCUT2D eigenvalue weighted by Crippen LogP contribution is -2.33. The van der Waals surface area contributed by atoms with Gasteiger partial charge in [0.1, 0.15) is 0 Å². The summed E-state index contributed by atoms with van der Waals surface area (Å²) in [6, 6.07) is 6.61. The molecule has 1 fully saturated rings. The van der Waals surface area contributed by atoms with Crippen LogP contribution in [-0.2, 0) is 17.1 Å². The SMILES string of the molecule is C=C(CCF)C(=O)N(CCCCCc1nc(C2CC2)no1)c1cccc(-c2noc(C(C)(F)F)n2)c1. The third kappa shape index (κ3) is 6.38. The van der Waals surface area contributed by atoms with Crippen LogP contribution in [0, 0.1) is 0 Å². The number of hydrogen-bond acceptors (Lipinski definition) is 7. The minimum atomic E-state index is -3.27. The molecule has 4 rings (SSSR count). The molecule has 192 valence electrons. The number of rotatable bonds is 13. The zero-order valence-corrected chi connectivity index (χ0v) is 20.1. The van der Waals surface area contributed by atoms with Gasteiger partial charge in [-0.05, 0) is 37.8 Å². The third-order valence-corrected chi connectivity index (χ3v) is 5.86. The van der Waals surface area contributed by atoms with Gasteiger partial charge < -0.3 is 13.9 Å². The Morgan fingerprint density at radius 3 is 2.67 bits per heavy atom. The quantitative estimate of drug-likeness (QED) is 0.216. The van der Waals surface area contributed by atoms with Crippen molar-refractivity contribution in [1.29, 1.82) is 0 Å². The highest BCUT2D eigenvalue weighted by molar-refractivity contribution is 6.05. The van der Waals surface area contributed by atoms with E-state index < -0.39 is 24.4 Å². The first-order valence-electron chi connectivity index (χ1n) is 12.0. The van der Waals surface area contributed by atoms with Crippen molar-refractivity contribution in [3.05, 3.63) is 54.0 Å². The van der Waals surface area contributed by atoms with E-state index in [9.17, 15) is 18.0 Å². The highest BCUT2D eigenvalue weighted by Crippen LogP contribution is 2.38. The maximum absolute atomic E-state index is 13.5. The standard InChI is InChI=1S/C25H28F3N5O3/c1-16(12-13-26)23(34)33(14-5-3-4-9-20-29-21(31-35-20)17-10-11-17)19-8-6-7-18(15-19)22-30-24(36-32-22)25(2,27)28/h6-8,15,17H,1,3-5,9-14H2,2H3.